The van der Waals surface area contributed by atoms with E-state index >= 15 is 0 Å². The highest BCUT2D eigenvalue weighted by Gasteiger charge is 2.25. The van der Waals surface area contributed by atoms with Crippen LogP contribution in [0.1, 0.15) is 59.3 Å². The Morgan fingerprint density at radius 2 is 1.50 bits per heavy atom. The Morgan fingerprint density at radius 3 is 2.12 bits per heavy atom. The van der Waals surface area contributed by atoms with Gasteiger partial charge < -0.3 is 15.1 Å². The van der Waals surface area contributed by atoms with Crippen molar-refractivity contribution >= 4 is 11.9 Å². The van der Waals surface area contributed by atoms with E-state index in [-0.39, 0.29) is 18.0 Å². The molecule has 1 atom stereocenters. The minimum Gasteiger partial charge on any atom is -0.342 e. The van der Waals surface area contributed by atoms with Crippen LogP contribution in [0.4, 0.5) is 4.79 Å². The first kappa shape index (κ1) is 21.0. The molecule has 0 aromatic heterocycles. The van der Waals surface area contributed by atoms with Crippen LogP contribution in [0.3, 0.4) is 0 Å². The fourth-order valence-corrected chi connectivity index (χ4v) is 3.75. The molecule has 2 aliphatic rings. The molecule has 1 unspecified atom stereocenters. The van der Waals surface area contributed by atoms with Gasteiger partial charge in [0.15, 0.2) is 0 Å². The Morgan fingerprint density at radius 1 is 0.846 bits per heavy atom. The molecule has 6 nitrogen and oxygen atoms in total. The third-order valence-corrected chi connectivity index (χ3v) is 5.52. The first-order chi connectivity index (χ1) is 12.5. The van der Waals surface area contributed by atoms with Gasteiger partial charge in [0.1, 0.15) is 0 Å². The summed E-state index contributed by atoms with van der Waals surface area (Å²) < 4.78 is 0. The molecule has 2 rings (SSSR count). The number of likely N-dealkylation sites (tertiary alicyclic amines) is 1. The monoisotopic (exact) mass is 366 g/mol. The Bertz CT molecular complexity index is 441. The van der Waals surface area contributed by atoms with Crippen molar-refractivity contribution < 1.29 is 9.59 Å². The molecule has 26 heavy (non-hydrogen) atoms. The first-order valence-electron chi connectivity index (χ1n) is 10.5. The molecule has 1 N–H and O–H groups in total. The third kappa shape index (κ3) is 7.14. The van der Waals surface area contributed by atoms with Gasteiger partial charge in [-0.3, -0.25) is 9.69 Å². The standard InChI is InChI=1S/C20H38N4O2/c1-17(2)8-7-9-18(3)21-20(26)24-14-12-22(13-15-24)16-19(25)23-10-5-4-6-11-23/h17-18H,4-16H2,1-3H3,(H,21,26). The number of hydrogen-bond acceptors (Lipinski definition) is 3. The fraction of sp³-hybridized carbons (Fsp3) is 0.900. The van der Waals surface area contributed by atoms with Gasteiger partial charge in [0.2, 0.25) is 5.91 Å². The van der Waals surface area contributed by atoms with Crippen LogP contribution in [-0.2, 0) is 4.79 Å². The largest absolute Gasteiger partial charge is 0.342 e. The van der Waals surface area contributed by atoms with Gasteiger partial charge in [-0.15, -0.1) is 0 Å². The minimum absolute atomic E-state index is 0.0454. The summed E-state index contributed by atoms with van der Waals surface area (Å²) >= 11 is 0. The van der Waals surface area contributed by atoms with Crippen LogP contribution < -0.4 is 5.32 Å². The van der Waals surface area contributed by atoms with Crippen molar-refractivity contribution in [3.05, 3.63) is 0 Å². The second-order valence-corrected chi connectivity index (χ2v) is 8.38. The molecular weight excluding hydrogens is 328 g/mol. The maximum absolute atomic E-state index is 12.4. The average molecular weight is 367 g/mol. The quantitative estimate of drug-likeness (QED) is 0.753. The zero-order chi connectivity index (χ0) is 18.9. The number of urea groups is 1. The molecule has 2 aliphatic heterocycles. The van der Waals surface area contributed by atoms with Crippen molar-refractivity contribution in [1.82, 2.24) is 20.0 Å². The molecule has 0 spiro atoms. The molecule has 0 radical (unpaired) electrons. The molecule has 0 aromatic carbocycles. The van der Waals surface area contributed by atoms with Crippen LogP contribution >= 0.6 is 0 Å². The second kappa shape index (κ2) is 10.8. The van der Waals surface area contributed by atoms with Crippen molar-refractivity contribution in [2.24, 2.45) is 5.92 Å². The summed E-state index contributed by atoms with van der Waals surface area (Å²) in [7, 11) is 0. The lowest BCUT2D eigenvalue weighted by Gasteiger charge is -2.36. The van der Waals surface area contributed by atoms with Crippen molar-refractivity contribution in [3.8, 4) is 0 Å². The SMILES string of the molecule is CC(C)CCCC(C)NC(=O)N1CCN(CC(=O)N2CCCCC2)CC1. The predicted octanol–water partition coefficient (Wildman–Crippen LogP) is 2.54. The summed E-state index contributed by atoms with van der Waals surface area (Å²) in [6.45, 7) is 11.9. The molecule has 0 bridgehead atoms. The van der Waals surface area contributed by atoms with Crippen LogP contribution in [0.15, 0.2) is 0 Å². The van der Waals surface area contributed by atoms with Gasteiger partial charge in [0.05, 0.1) is 6.54 Å². The molecule has 0 saturated carbocycles. The van der Waals surface area contributed by atoms with Gasteiger partial charge in [0, 0.05) is 45.3 Å². The van der Waals surface area contributed by atoms with E-state index in [0.29, 0.717) is 19.6 Å². The maximum atomic E-state index is 12.4. The van der Waals surface area contributed by atoms with Crippen molar-refractivity contribution in [2.75, 3.05) is 45.8 Å². The lowest BCUT2D eigenvalue weighted by atomic mass is 10.0. The molecule has 150 valence electrons. The van der Waals surface area contributed by atoms with E-state index in [1.807, 2.05) is 9.80 Å². The van der Waals surface area contributed by atoms with Crippen LogP contribution in [-0.4, -0.2) is 78.5 Å². The summed E-state index contributed by atoms with van der Waals surface area (Å²) in [5.41, 5.74) is 0. The van der Waals surface area contributed by atoms with Crippen molar-refractivity contribution in [2.45, 2.75) is 65.3 Å². The summed E-state index contributed by atoms with van der Waals surface area (Å²) in [5, 5.41) is 3.12. The molecule has 2 fully saturated rings. The summed E-state index contributed by atoms with van der Waals surface area (Å²) in [6, 6.07) is 0.268. The number of amides is 3. The number of piperidine rings is 1. The summed E-state index contributed by atoms with van der Waals surface area (Å²) in [4.78, 5) is 30.8. The smallest absolute Gasteiger partial charge is 0.317 e. The predicted molar refractivity (Wildman–Crippen MR) is 105 cm³/mol. The Balaban J connectivity index is 1.63. The molecular formula is C20H38N4O2. The maximum Gasteiger partial charge on any atom is 0.317 e. The van der Waals surface area contributed by atoms with Crippen LogP contribution in [0.2, 0.25) is 0 Å². The number of nitrogens with zero attached hydrogens (tertiary/aromatic N) is 3. The average Bonchev–Trinajstić information content (AvgIpc) is 2.62. The zero-order valence-electron chi connectivity index (χ0n) is 17.0. The number of piperazine rings is 1. The van der Waals surface area contributed by atoms with Gasteiger partial charge >= 0.3 is 6.03 Å². The highest BCUT2D eigenvalue weighted by atomic mass is 16.2. The van der Waals surface area contributed by atoms with E-state index in [9.17, 15) is 9.59 Å². The fourth-order valence-electron chi connectivity index (χ4n) is 3.75. The first-order valence-corrected chi connectivity index (χ1v) is 10.5. The van der Waals surface area contributed by atoms with Crippen LogP contribution in [0, 0.1) is 5.92 Å². The van der Waals surface area contributed by atoms with Gasteiger partial charge in [-0.1, -0.05) is 26.7 Å². The number of carbonyl (C=O) groups excluding carboxylic acids is 2. The van der Waals surface area contributed by atoms with E-state index in [1.54, 1.807) is 0 Å². The van der Waals surface area contributed by atoms with Gasteiger partial charge in [0.25, 0.3) is 0 Å². The van der Waals surface area contributed by atoms with E-state index < -0.39 is 0 Å². The molecule has 0 aromatic rings. The molecule has 2 heterocycles. The van der Waals surface area contributed by atoms with Crippen LogP contribution in [0.25, 0.3) is 0 Å². The molecule has 6 heteroatoms. The second-order valence-electron chi connectivity index (χ2n) is 8.38. The topological polar surface area (TPSA) is 55.9 Å². The highest BCUT2D eigenvalue weighted by Crippen LogP contribution is 2.11. The third-order valence-electron chi connectivity index (χ3n) is 5.52. The minimum atomic E-state index is 0.0454. The molecule has 2 saturated heterocycles. The lowest BCUT2D eigenvalue weighted by Crippen LogP contribution is -2.54. The Labute approximate surface area is 159 Å². The van der Waals surface area contributed by atoms with E-state index in [2.05, 4.69) is 31.0 Å². The van der Waals surface area contributed by atoms with Gasteiger partial charge in [-0.05, 0) is 38.5 Å². The summed E-state index contributed by atoms with van der Waals surface area (Å²) in [6.07, 6.45) is 6.92. The van der Waals surface area contributed by atoms with E-state index in [1.165, 1.54) is 12.8 Å². The van der Waals surface area contributed by atoms with Crippen LogP contribution in [0.5, 0.6) is 0 Å². The number of rotatable bonds is 7. The normalized spacial score (nSPS) is 20.3. The van der Waals surface area contributed by atoms with E-state index in [0.717, 1.165) is 57.8 Å². The van der Waals surface area contributed by atoms with E-state index in [4.69, 9.17) is 0 Å². The van der Waals surface area contributed by atoms with Gasteiger partial charge in [-0.2, -0.15) is 0 Å². The van der Waals surface area contributed by atoms with Crippen molar-refractivity contribution in [3.63, 3.8) is 0 Å². The molecule has 0 aliphatic carbocycles. The Hall–Kier alpha value is -1.30. The van der Waals surface area contributed by atoms with Crippen molar-refractivity contribution in [1.29, 1.82) is 0 Å². The van der Waals surface area contributed by atoms with Gasteiger partial charge in [-0.25, -0.2) is 4.79 Å². The number of nitrogens with one attached hydrogen (secondary N) is 1. The highest BCUT2D eigenvalue weighted by molar-refractivity contribution is 5.78. The zero-order valence-corrected chi connectivity index (χ0v) is 17.0. The summed E-state index contributed by atoms with van der Waals surface area (Å²) in [5.74, 6) is 0.972. The number of hydrogen-bond donors (Lipinski definition) is 1. The molecule has 3 amide bonds. The number of carbonyl (C=O) groups is 2. The lowest BCUT2D eigenvalue weighted by molar-refractivity contribution is -0.133. The Kier molecular flexibility index (Phi) is 8.69.